The molecule has 10 heavy (non-hydrogen) atoms. The standard InChI is InChI=1S/C8H13NO/c1-3-9-5-8-4-7(2)6-10-8/h4,6,9H,3,5H2,1-2H3. The van der Waals surface area contributed by atoms with Gasteiger partial charge in [-0.1, -0.05) is 6.92 Å². The highest BCUT2D eigenvalue weighted by molar-refractivity contribution is 5.09. The number of hydrogen-bond donors (Lipinski definition) is 1. The van der Waals surface area contributed by atoms with Gasteiger partial charge in [-0.05, 0) is 25.1 Å². The Balaban J connectivity index is 2.42. The minimum Gasteiger partial charge on any atom is -0.468 e. The average Bonchev–Trinajstić information content (AvgIpc) is 2.31. The van der Waals surface area contributed by atoms with Crippen LogP contribution < -0.4 is 5.32 Å². The molecular formula is C8H13NO. The lowest BCUT2D eigenvalue weighted by Gasteiger charge is -1.94. The van der Waals surface area contributed by atoms with E-state index in [1.165, 1.54) is 5.56 Å². The Kier molecular flexibility index (Phi) is 2.51. The summed E-state index contributed by atoms with van der Waals surface area (Å²) >= 11 is 0. The number of furan rings is 1. The van der Waals surface area contributed by atoms with Gasteiger partial charge in [0.25, 0.3) is 0 Å². The Hall–Kier alpha value is -0.760. The smallest absolute Gasteiger partial charge is 0.117 e. The molecule has 1 aromatic heterocycles. The van der Waals surface area contributed by atoms with Crippen molar-refractivity contribution in [1.82, 2.24) is 5.32 Å². The molecule has 0 aliphatic heterocycles. The molecule has 0 bridgehead atoms. The second kappa shape index (κ2) is 3.42. The quantitative estimate of drug-likeness (QED) is 0.689. The van der Waals surface area contributed by atoms with Gasteiger partial charge in [0.05, 0.1) is 12.8 Å². The Morgan fingerprint density at radius 1 is 1.60 bits per heavy atom. The van der Waals surface area contributed by atoms with Crippen molar-refractivity contribution < 1.29 is 4.42 Å². The summed E-state index contributed by atoms with van der Waals surface area (Å²) in [7, 11) is 0. The predicted molar refractivity (Wildman–Crippen MR) is 40.8 cm³/mol. The van der Waals surface area contributed by atoms with Gasteiger partial charge in [0.2, 0.25) is 0 Å². The predicted octanol–water partition coefficient (Wildman–Crippen LogP) is 1.70. The van der Waals surface area contributed by atoms with Crippen LogP contribution in [-0.2, 0) is 6.54 Å². The maximum absolute atomic E-state index is 5.20. The van der Waals surface area contributed by atoms with E-state index >= 15 is 0 Å². The van der Waals surface area contributed by atoms with E-state index in [4.69, 9.17) is 4.42 Å². The Morgan fingerprint density at radius 3 is 2.90 bits per heavy atom. The van der Waals surface area contributed by atoms with Crippen LogP contribution in [0.1, 0.15) is 18.2 Å². The molecule has 0 aliphatic carbocycles. The van der Waals surface area contributed by atoms with Gasteiger partial charge in [0.1, 0.15) is 5.76 Å². The first-order valence-corrected chi connectivity index (χ1v) is 3.57. The van der Waals surface area contributed by atoms with Crippen LogP contribution in [0.2, 0.25) is 0 Å². The van der Waals surface area contributed by atoms with Crippen molar-refractivity contribution in [3.8, 4) is 0 Å². The first-order chi connectivity index (χ1) is 4.83. The normalized spacial score (nSPS) is 10.2. The molecule has 56 valence electrons. The van der Waals surface area contributed by atoms with Gasteiger partial charge in [-0.3, -0.25) is 0 Å². The van der Waals surface area contributed by atoms with Crippen LogP contribution in [-0.4, -0.2) is 6.54 Å². The SMILES string of the molecule is CCNCc1cc(C)co1. The molecule has 2 heteroatoms. The number of rotatable bonds is 3. The fourth-order valence-electron chi connectivity index (χ4n) is 0.832. The van der Waals surface area contributed by atoms with Crippen molar-refractivity contribution in [3.05, 3.63) is 23.7 Å². The highest BCUT2D eigenvalue weighted by Crippen LogP contribution is 2.04. The maximum atomic E-state index is 5.20. The van der Waals surface area contributed by atoms with E-state index < -0.39 is 0 Å². The Bertz CT molecular complexity index is 193. The fraction of sp³-hybridized carbons (Fsp3) is 0.500. The zero-order chi connectivity index (χ0) is 7.40. The molecule has 0 atom stereocenters. The second-order valence-corrected chi connectivity index (χ2v) is 2.37. The highest BCUT2D eigenvalue weighted by atomic mass is 16.3. The number of hydrogen-bond acceptors (Lipinski definition) is 2. The van der Waals surface area contributed by atoms with Gasteiger partial charge in [-0.15, -0.1) is 0 Å². The van der Waals surface area contributed by atoms with Crippen molar-refractivity contribution >= 4 is 0 Å². The van der Waals surface area contributed by atoms with Crippen molar-refractivity contribution in [2.75, 3.05) is 6.54 Å². The lowest BCUT2D eigenvalue weighted by molar-refractivity contribution is 0.487. The van der Waals surface area contributed by atoms with E-state index in [1.807, 2.05) is 13.0 Å². The summed E-state index contributed by atoms with van der Waals surface area (Å²) in [6.07, 6.45) is 1.77. The zero-order valence-corrected chi connectivity index (χ0v) is 6.48. The van der Waals surface area contributed by atoms with E-state index in [9.17, 15) is 0 Å². The molecule has 0 saturated carbocycles. The summed E-state index contributed by atoms with van der Waals surface area (Å²) in [5.74, 6) is 1.01. The van der Waals surface area contributed by atoms with Crippen molar-refractivity contribution in [3.63, 3.8) is 0 Å². The molecule has 1 heterocycles. The summed E-state index contributed by atoms with van der Waals surface area (Å²) in [4.78, 5) is 0. The average molecular weight is 139 g/mol. The molecule has 1 rings (SSSR count). The summed E-state index contributed by atoms with van der Waals surface area (Å²) in [6, 6.07) is 2.04. The van der Waals surface area contributed by atoms with Crippen LogP contribution >= 0.6 is 0 Å². The van der Waals surface area contributed by atoms with E-state index in [0.717, 1.165) is 18.8 Å². The largest absolute Gasteiger partial charge is 0.468 e. The number of aryl methyl sites for hydroxylation is 1. The molecule has 2 nitrogen and oxygen atoms in total. The minimum absolute atomic E-state index is 0.838. The monoisotopic (exact) mass is 139 g/mol. The molecule has 1 N–H and O–H groups in total. The maximum Gasteiger partial charge on any atom is 0.117 e. The Labute approximate surface area is 61.2 Å². The van der Waals surface area contributed by atoms with Gasteiger partial charge < -0.3 is 9.73 Å². The van der Waals surface area contributed by atoms with Crippen LogP contribution in [0.5, 0.6) is 0 Å². The first kappa shape index (κ1) is 7.35. The highest BCUT2D eigenvalue weighted by Gasteiger charge is 1.94. The van der Waals surface area contributed by atoms with E-state index in [1.54, 1.807) is 6.26 Å². The summed E-state index contributed by atoms with van der Waals surface area (Å²) < 4.78 is 5.20. The number of nitrogens with one attached hydrogen (secondary N) is 1. The molecule has 0 spiro atoms. The molecule has 0 aliphatic rings. The summed E-state index contributed by atoms with van der Waals surface area (Å²) in [5, 5.41) is 3.18. The third kappa shape index (κ3) is 1.88. The van der Waals surface area contributed by atoms with Gasteiger partial charge >= 0.3 is 0 Å². The van der Waals surface area contributed by atoms with Crippen molar-refractivity contribution in [2.45, 2.75) is 20.4 Å². The van der Waals surface area contributed by atoms with E-state index in [-0.39, 0.29) is 0 Å². The molecule has 0 unspecified atom stereocenters. The van der Waals surface area contributed by atoms with Crippen molar-refractivity contribution in [1.29, 1.82) is 0 Å². The molecule has 0 saturated heterocycles. The van der Waals surface area contributed by atoms with Crippen molar-refractivity contribution in [2.24, 2.45) is 0 Å². The first-order valence-electron chi connectivity index (χ1n) is 3.57. The molecule has 0 aromatic carbocycles. The van der Waals surface area contributed by atoms with E-state index in [2.05, 4.69) is 12.2 Å². The lowest BCUT2D eigenvalue weighted by atomic mass is 10.3. The van der Waals surface area contributed by atoms with Crippen LogP contribution in [0.25, 0.3) is 0 Å². The molecule has 1 aromatic rings. The molecule has 0 radical (unpaired) electrons. The van der Waals surface area contributed by atoms with Gasteiger partial charge in [-0.25, -0.2) is 0 Å². The fourth-order valence-corrected chi connectivity index (χ4v) is 0.832. The third-order valence-corrected chi connectivity index (χ3v) is 1.33. The lowest BCUT2D eigenvalue weighted by Crippen LogP contribution is -2.10. The molecular weight excluding hydrogens is 126 g/mol. The molecule has 0 fully saturated rings. The van der Waals surface area contributed by atoms with Crippen LogP contribution in [0, 0.1) is 6.92 Å². The van der Waals surface area contributed by atoms with Crippen LogP contribution in [0.3, 0.4) is 0 Å². The zero-order valence-electron chi connectivity index (χ0n) is 6.48. The van der Waals surface area contributed by atoms with Gasteiger partial charge in [-0.2, -0.15) is 0 Å². The van der Waals surface area contributed by atoms with Gasteiger partial charge in [0.15, 0.2) is 0 Å². The molecule has 0 amide bonds. The van der Waals surface area contributed by atoms with Crippen LogP contribution in [0.15, 0.2) is 16.7 Å². The van der Waals surface area contributed by atoms with E-state index in [0.29, 0.717) is 0 Å². The minimum atomic E-state index is 0.838. The Morgan fingerprint density at radius 2 is 2.40 bits per heavy atom. The topological polar surface area (TPSA) is 25.2 Å². The van der Waals surface area contributed by atoms with Crippen LogP contribution in [0.4, 0.5) is 0 Å². The third-order valence-electron chi connectivity index (χ3n) is 1.33. The second-order valence-electron chi connectivity index (χ2n) is 2.37. The summed E-state index contributed by atoms with van der Waals surface area (Å²) in [6.45, 7) is 5.93. The summed E-state index contributed by atoms with van der Waals surface area (Å²) in [5.41, 5.74) is 1.19. The van der Waals surface area contributed by atoms with Gasteiger partial charge in [0, 0.05) is 0 Å².